The van der Waals surface area contributed by atoms with E-state index < -0.39 is 5.97 Å². The molecule has 1 rings (SSSR count). The number of para-hydroxylation sites is 1. The lowest BCUT2D eigenvalue weighted by molar-refractivity contribution is -0.152. The predicted molar refractivity (Wildman–Crippen MR) is 60.8 cm³/mol. The summed E-state index contributed by atoms with van der Waals surface area (Å²) in [6.45, 7) is 1.13. The van der Waals surface area contributed by atoms with Crippen LogP contribution >= 0.6 is 0 Å². The molecule has 0 aliphatic carbocycles. The molecule has 0 aliphatic rings. The van der Waals surface area contributed by atoms with Crippen molar-refractivity contribution in [2.45, 2.75) is 6.42 Å². The van der Waals surface area contributed by atoms with Crippen LogP contribution in [0.25, 0.3) is 0 Å². The minimum absolute atomic E-state index is 0.148. The molecule has 0 spiro atoms. The Hall–Kier alpha value is -1.63. The average molecular weight is 240 g/mol. The van der Waals surface area contributed by atoms with Gasteiger partial charge in [0.1, 0.15) is 12.4 Å². The zero-order valence-electron chi connectivity index (χ0n) is 9.43. The van der Waals surface area contributed by atoms with Crippen LogP contribution in [0.4, 0.5) is 0 Å². The van der Waals surface area contributed by atoms with Gasteiger partial charge >= 0.3 is 5.97 Å². The number of hydrogen-bond acceptors (Lipinski definition) is 6. The molecule has 3 N–H and O–H groups in total. The smallest absolute Gasteiger partial charge is 0.328 e. The second kappa shape index (κ2) is 8.51. The van der Waals surface area contributed by atoms with Crippen molar-refractivity contribution < 1.29 is 19.1 Å². The molecular formula is C11H16N2O4. The van der Waals surface area contributed by atoms with Gasteiger partial charge in [0.25, 0.3) is 0 Å². The Morgan fingerprint density at radius 2 is 1.94 bits per heavy atom. The van der Waals surface area contributed by atoms with E-state index in [9.17, 15) is 4.79 Å². The first-order chi connectivity index (χ1) is 8.33. The van der Waals surface area contributed by atoms with Gasteiger partial charge in [0.15, 0.2) is 0 Å². The largest absolute Gasteiger partial charge is 0.491 e. The van der Waals surface area contributed by atoms with Gasteiger partial charge in [0.2, 0.25) is 0 Å². The second-order valence-electron chi connectivity index (χ2n) is 3.12. The molecule has 0 atom stereocenters. The average Bonchev–Trinajstić information content (AvgIpc) is 2.35. The lowest BCUT2D eigenvalue weighted by Crippen LogP contribution is -2.26. The van der Waals surface area contributed by atoms with Gasteiger partial charge in [0, 0.05) is 0 Å². The zero-order chi connectivity index (χ0) is 12.3. The summed E-state index contributed by atoms with van der Waals surface area (Å²) in [5.74, 6) is 5.12. The number of nitrogens with one attached hydrogen (secondary N) is 1. The van der Waals surface area contributed by atoms with Gasteiger partial charge in [-0.2, -0.15) is 0 Å². The third-order valence-electron chi connectivity index (χ3n) is 1.86. The van der Waals surface area contributed by atoms with E-state index in [1.54, 1.807) is 0 Å². The number of ether oxygens (including phenoxy) is 2. The molecule has 0 aliphatic heterocycles. The van der Waals surface area contributed by atoms with Gasteiger partial charge in [-0.25, -0.2) is 5.84 Å². The van der Waals surface area contributed by atoms with E-state index in [0.717, 1.165) is 5.75 Å². The van der Waals surface area contributed by atoms with Crippen molar-refractivity contribution in [2.24, 2.45) is 5.84 Å². The topological polar surface area (TPSA) is 82.8 Å². The van der Waals surface area contributed by atoms with Crippen LogP contribution in [0.3, 0.4) is 0 Å². The highest BCUT2D eigenvalue weighted by atomic mass is 16.7. The highest BCUT2D eigenvalue weighted by Crippen LogP contribution is 2.07. The standard InChI is InChI=1S/C11H16N2O4/c12-13-17-11(14)6-7-15-8-9-16-10-4-2-1-3-5-10/h1-5,13H,6-9,12H2. The van der Waals surface area contributed by atoms with E-state index >= 15 is 0 Å². The van der Waals surface area contributed by atoms with Crippen molar-refractivity contribution in [1.29, 1.82) is 0 Å². The van der Waals surface area contributed by atoms with Gasteiger partial charge in [-0.3, -0.25) is 4.79 Å². The van der Waals surface area contributed by atoms with Gasteiger partial charge in [-0.15, -0.1) is 0 Å². The lowest BCUT2D eigenvalue weighted by Gasteiger charge is -2.06. The zero-order valence-corrected chi connectivity index (χ0v) is 9.43. The fourth-order valence-corrected chi connectivity index (χ4v) is 1.11. The Bertz CT molecular complexity index is 319. The summed E-state index contributed by atoms with van der Waals surface area (Å²) < 4.78 is 10.6. The first kappa shape index (κ1) is 13.4. The third kappa shape index (κ3) is 6.52. The molecule has 0 saturated carbocycles. The number of rotatable bonds is 8. The Morgan fingerprint density at radius 1 is 1.18 bits per heavy atom. The first-order valence-electron chi connectivity index (χ1n) is 5.24. The summed E-state index contributed by atoms with van der Waals surface area (Å²) in [6.07, 6.45) is 0.148. The maximum absolute atomic E-state index is 10.8. The molecule has 0 unspecified atom stereocenters. The maximum atomic E-state index is 10.8. The van der Waals surface area contributed by atoms with Crippen LogP contribution in [-0.4, -0.2) is 25.8 Å². The quantitative estimate of drug-likeness (QED) is 0.388. The molecular weight excluding hydrogens is 224 g/mol. The van der Waals surface area contributed by atoms with Crippen molar-refractivity contribution >= 4 is 5.97 Å². The number of hydrogen-bond donors (Lipinski definition) is 2. The Labute approximate surface area is 99.6 Å². The van der Waals surface area contributed by atoms with Crippen LogP contribution in [0.5, 0.6) is 5.75 Å². The molecule has 6 nitrogen and oxygen atoms in total. The van der Waals surface area contributed by atoms with Gasteiger partial charge in [-0.05, 0) is 12.1 Å². The monoisotopic (exact) mass is 240 g/mol. The number of hydrazine groups is 1. The minimum atomic E-state index is -0.462. The van der Waals surface area contributed by atoms with E-state index in [-0.39, 0.29) is 13.0 Å². The van der Waals surface area contributed by atoms with Crippen LogP contribution in [0.1, 0.15) is 6.42 Å². The molecule has 0 radical (unpaired) electrons. The van der Waals surface area contributed by atoms with E-state index in [1.807, 2.05) is 35.9 Å². The fourth-order valence-electron chi connectivity index (χ4n) is 1.11. The van der Waals surface area contributed by atoms with Crippen molar-refractivity contribution in [3.63, 3.8) is 0 Å². The third-order valence-corrected chi connectivity index (χ3v) is 1.86. The fraction of sp³-hybridized carbons (Fsp3) is 0.364. The summed E-state index contributed by atoms with van der Waals surface area (Å²) in [6, 6.07) is 9.44. The summed E-state index contributed by atoms with van der Waals surface area (Å²) in [5.41, 5.74) is 1.81. The molecule has 1 aromatic rings. The lowest BCUT2D eigenvalue weighted by atomic mass is 10.3. The summed E-state index contributed by atoms with van der Waals surface area (Å²) >= 11 is 0. The number of carbonyl (C=O) groups excluding carboxylic acids is 1. The molecule has 1 aromatic carbocycles. The van der Waals surface area contributed by atoms with E-state index in [1.165, 1.54) is 0 Å². The number of nitrogens with two attached hydrogens (primary N) is 1. The molecule has 6 heteroatoms. The van der Waals surface area contributed by atoms with E-state index in [0.29, 0.717) is 13.2 Å². The molecule has 0 aromatic heterocycles. The SMILES string of the molecule is NNOC(=O)CCOCCOc1ccccc1. The summed E-state index contributed by atoms with van der Waals surface area (Å²) in [5, 5.41) is 0. The van der Waals surface area contributed by atoms with Gasteiger partial charge in [-0.1, -0.05) is 23.8 Å². The molecule has 0 amide bonds. The highest BCUT2D eigenvalue weighted by Gasteiger charge is 2.01. The van der Waals surface area contributed by atoms with Crippen molar-refractivity contribution in [2.75, 3.05) is 19.8 Å². The number of carbonyl (C=O) groups is 1. The second-order valence-corrected chi connectivity index (χ2v) is 3.12. The predicted octanol–water partition coefficient (Wildman–Crippen LogP) is 0.394. The van der Waals surface area contributed by atoms with Crippen LogP contribution in [-0.2, 0) is 14.4 Å². The molecule has 0 saturated heterocycles. The van der Waals surface area contributed by atoms with Crippen LogP contribution in [0.2, 0.25) is 0 Å². The maximum Gasteiger partial charge on any atom is 0.328 e. The van der Waals surface area contributed by atoms with Gasteiger partial charge < -0.3 is 14.3 Å². The van der Waals surface area contributed by atoms with Crippen LogP contribution in [0.15, 0.2) is 30.3 Å². The number of benzene rings is 1. The Morgan fingerprint density at radius 3 is 2.65 bits per heavy atom. The van der Waals surface area contributed by atoms with Crippen LogP contribution < -0.4 is 16.2 Å². The molecule has 0 fully saturated rings. The Balaban J connectivity index is 1.96. The summed E-state index contributed by atoms with van der Waals surface area (Å²) in [4.78, 5) is 15.1. The van der Waals surface area contributed by atoms with Crippen LogP contribution in [0, 0.1) is 0 Å². The normalized spacial score (nSPS) is 9.94. The van der Waals surface area contributed by atoms with Crippen molar-refractivity contribution in [3.8, 4) is 5.75 Å². The first-order valence-corrected chi connectivity index (χ1v) is 5.24. The van der Waals surface area contributed by atoms with E-state index in [2.05, 4.69) is 4.84 Å². The van der Waals surface area contributed by atoms with E-state index in [4.69, 9.17) is 15.3 Å². The van der Waals surface area contributed by atoms with Crippen molar-refractivity contribution in [1.82, 2.24) is 5.59 Å². The van der Waals surface area contributed by atoms with Gasteiger partial charge in [0.05, 0.1) is 19.6 Å². The van der Waals surface area contributed by atoms with Crippen molar-refractivity contribution in [3.05, 3.63) is 30.3 Å². The Kier molecular flexibility index (Phi) is 6.73. The minimum Gasteiger partial charge on any atom is -0.491 e. The molecule has 17 heavy (non-hydrogen) atoms. The molecule has 94 valence electrons. The molecule has 0 heterocycles. The highest BCUT2D eigenvalue weighted by molar-refractivity contribution is 5.69. The molecule has 0 bridgehead atoms. The summed E-state index contributed by atoms with van der Waals surface area (Å²) in [7, 11) is 0.